The summed E-state index contributed by atoms with van der Waals surface area (Å²) in [5.41, 5.74) is 0.838. The van der Waals surface area contributed by atoms with E-state index in [0.29, 0.717) is 22.1 Å². The van der Waals surface area contributed by atoms with Gasteiger partial charge in [-0.3, -0.25) is 0 Å². The summed E-state index contributed by atoms with van der Waals surface area (Å²) in [4.78, 5) is 24.9. The standard InChI is InChI=1S/C22H17ClO5/c1-26-21(24)18-8-5-9-19(22(25)28-17-6-3-2-4-7-17)20(18)14-27-16-12-10-15(23)11-13-16/h2-13H,14H2,1H3. The predicted molar refractivity (Wildman–Crippen MR) is 105 cm³/mol. The molecule has 28 heavy (non-hydrogen) atoms. The Morgan fingerprint density at radius 1 is 0.786 bits per heavy atom. The van der Waals surface area contributed by atoms with Crippen molar-refractivity contribution in [2.75, 3.05) is 7.11 Å². The Kier molecular flexibility index (Phi) is 6.29. The van der Waals surface area contributed by atoms with Crippen molar-refractivity contribution in [1.82, 2.24) is 0 Å². The zero-order valence-electron chi connectivity index (χ0n) is 15.1. The van der Waals surface area contributed by atoms with Gasteiger partial charge in [-0.25, -0.2) is 9.59 Å². The second kappa shape index (κ2) is 9.06. The third kappa shape index (κ3) is 4.69. The maximum atomic E-state index is 12.7. The monoisotopic (exact) mass is 396 g/mol. The summed E-state index contributed by atoms with van der Waals surface area (Å²) in [6.07, 6.45) is 0. The smallest absolute Gasteiger partial charge is 0.343 e. The van der Waals surface area contributed by atoms with Crippen molar-refractivity contribution >= 4 is 23.5 Å². The zero-order chi connectivity index (χ0) is 19.9. The molecule has 142 valence electrons. The Morgan fingerprint density at radius 2 is 1.43 bits per heavy atom. The van der Waals surface area contributed by atoms with Gasteiger partial charge >= 0.3 is 11.9 Å². The van der Waals surface area contributed by atoms with Gasteiger partial charge in [-0.1, -0.05) is 35.9 Å². The lowest BCUT2D eigenvalue weighted by atomic mass is 10.0. The highest BCUT2D eigenvalue weighted by Gasteiger charge is 2.21. The van der Waals surface area contributed by atoms with Gasteiger partial charge < -0.3 is 14.2 Å². The van der Waals surface area contributed by atoms with Crippen molar-refractivity contribution in [3.05, 3.63) is 94.5 Å². The average Bonchev–Trinajstić information content (AvgIpc) is 2.73. The molecule has 0 aliphatic carbocycles. The fourth-order valence-electron chi connectivity index (χ4n) is 2.57. The summed E-state index contributed by atoms with van der Waals surface area (Å²) >= 11 is 5.88. The van der Waals surface area contributed by atoms with E-state index in [4.69, 9.17) is 25.8 Å². The molecule has 6 heteroatoms. The molecule has 0 aliphatic heterocycles. The quantitative estimate of drug-likeness (QED) is 0.437. The van der Waals surface area contributed by atoms with Crippen molar-refractivity contribution in [2.45, 2.75) is 6.61 Å². The number of carbonyl (C=O) groups excluding carboxylic acids is 2. The molecule has 0 spiro atoms. The Labute approximate surface area is 167 Å². The molecule has 0 unspecified atom stereocenters. The highest BCUT2D eigenvalue weighted by Crippen LogP contribution is 2.22. The third-order valence-electron chi connectivity index (χ3n) is 3.95. The first-order valence-corrected chi connectivity index (χ1v) is 8.82. The zero-order valence-corrected chi connectivity index (χ0v) is 15.8. The van der Waals surface area contributed by atoms with Crippen LogP contribution >= 0.6 is 11.6 Å². The first-order valence-electron chi connectivity index (χ1n) is 8.44. The molecule has 0 amide bonds. The maximum Gasteiger partial charge on any atom is 0.343 e. The number of halogens is 1. The van der Waals surface area contributed by atoms with Gasteiger partial charge in [-0.15, -0.1) is 0 Å². The minimum atomic E-state index is -0.591. The SMILES string of the molecule is COC(=O)c1cccc(C(=O)Oc2ccccc2)c1COc1ccc(Cl)cc1. The fraction of sp³-hybridized carbons (Fsp3) is 0.0909. The van der Waals surface area contributed by atoms with Crippen LogP contribution in [0.1, 0.15) is 26.3 Å². The number of rotatable bonds is 6. The number of para-hydroxylation sites is 1. The largest absolute Gasteiger partial charge is 0.489 e. The molecule has 0 radical (unpaired) electrons. The van der Waals surface area contributed by atoms with Crippen molar-refractivity contribution in [1.29, 1.82) is 0 Å². The second-order valence-corrected chi connectivity index (χ2v) is 6.20. The summed E-state index contributed by atoms with van der Waals surface area (Å²) in [7, 11) is 1.28. The summed E-state index contributed by atoms with van der Waals surface area (Å²) in [5, 5.41) is 0.578. The Morgan fingerprint density at radius 3 is 2.07 bits per heavy atom. The highest BCUT2D eigenvalue weighted by molar-refractivity contribution is 6.30. The van der Waals surface area contributed by atoms with Crippen LogP contribution in [0, 0.1) is 0 Å². The molecule has 0 aromatic heterocycles. The minimum absolute atomic E-state index is 0.0217. The van der Waals surface area contributed by atoms with Gasteiger partial charge in [-0.2, -0.15) is 0 Å². The van der Waals surface area contributed by atoms with E-state index in [2.05, 4.69) is 0 Å². The number of hydrogen-bond acceptors (Lipinski definition) is 5. The summed E-state index contributed by atoms with van der Waals surface area (Å²) in [6, 6.07) is 20.2. The molecule has 3 aromatic carbocycles. The van der Waals surface area contributed by atoms with Crippen LogP contribution in [0.25, 0.3) is 0 Å². The number of hydrogen-bond donors (Lipinski definition) is 0. The second-order valence-electron chi connectivity index (χ2n) is 5.77. The molecule has 0 heterocycles. The van der Waals surface area contributed by atoms with E-state index in [9.17, 15) is 9.59 Å². The number of benzene rings is 3. The number of carbonyl (C=O) groups is 2. The molecule has 0 atom stereocenters. The molecule has 0 saturated carbocycles. The first-order chi connectivity index (χ1) is 13.6. The molecule has 0 fully saturated rings. The van der Waals surface area contributed by atoms with Crippen LogP contribution in [0.3, 0.4) is 0 Å². The number of ether oxygens (including phenoxy) is 3. The van der Waals surface area contributed by atoms with Crippen LogP contribution < -0.4 is 9.47 Å². The van der Waals surface area contributed by atoms with Gasteiger partial charge in [0.1, 0.15) is 18.1 Å². The lowest BCUT2D eigenvalue weighted by Crippen LogP contribution is -2.17. The van der Waals surface area contributed by atoms with E-state index < -0.39 is 11.9 Å². The predicted octanol–water partition coefficient (Wildman–Crippen LogP) is 4.92. The molecule has 0 aliphatic rings. The van der Waals surface area contributed by atoms with Crippen LogP contribution in [-0.4, -0.2) is 19.0 Å². The molecule has 5 nitrogen and oxygen atoms in total. The van der Waals surface area contributed by atoms with E-state index in [1.165, 1.54) is 7.11 Å². The lowest BCUT2D eigenvalue weighted by Gasteiger charge is -2.14. The molecule has 0 N–H and O–H groups in total. The van der Waals surface area contributed by atoms with E-state index in [1.807, 2.05) is 6.07 Å². The van der Waals surface area contributed by atoms with Crippen molar-refractivity contribution < 1.29 is 23.8 Å². The van der Waals surface area contributed by atoms with E-state index >= 15 is 0 Å². The Hall–Kier alpha value is -3.31. The van der Waals surface area contributed by atoms with E-state index in [-0.39, 0.29) is 17.7 Å². The third-order valence-corrected chi connectivity index (χ3v) is 4.20. The molecule has 3 rings (SSSR count). The van der Waals surface area contributed by atoms with E-state index in [1.54, 1.807) is 66.7 Å². The summed E-state index contributed by atoms with van der Waals surface area (Å²) < 4.78 is 16.0. The van der Waals surface area contributed by atoms with Gasteiger partial charge in [0.05, 0.1) is 18.2 Å². The van der Waals surface area contributed by atoms with Crippen LogP contribution in [0.2, 0.25) is 5.02 Å². The number of methoxy groups -OCH3 is 1. The average molecular weight is 397 g/mol. The van der Waals surface area contributed by atoms with Crippen LogP contribution in [0.5, 0.6) is 11.5 Å². The van der Waals surface area contributed by atoms with Crippen LogP contribution in [0.4, 0.5) is 0 Å². The molecular formula is C22H17ClO5. The molecule has 0 bridgehead atoms. The first kappa shape index (κ1) is 19.5. The van der Waals surface area contributed by atoms with Gasteiger partial charge in [0.25, 0.3) is 0 Å². The topological polar surface area (TPSA) is 61.8 Å². The van der Waals surface area contributed by atoms with Crippen LogP contribution in [-0.2, 0) is 11.3 Å². The Bertz CT molecular complexity index is 968. The van der Waals surface area contributed by atoms with Gasteiger partial charge in [0, 0.05) is 10.6 Å². The highest BCUT2D eigenvalue weighted by atomic mass is 35.5. The van der Waals surface area contributed by atoms with Crippen LogP contribution in [0.15, 0.2) is 72.8 Å². The molecule has 3 aromatic rings. The minimum Gasteiger partial charge on any atom is -0.489 e. The summed E-state index contributed by atoms with van der Waals surface area (Å²) in [5.74, 6) is -0.206. The van der Waals surface area contributed by atoms with Crippen molar-refractivity contribution in [3.8, 4) is 11.5 Å². The summed E-state index contributed by atoms with van der Waals surface area (Å²) in [6.45, 7) is -0.0217. The lowest BCUT2D eigenvalue weighted by molar-refractivity contribution is 0.0597. The van der Waals surface area contributed by atoms with E-state index in [0.717, 1.165) is 0 Å². The molecule has 0 saturated heterocycles. The fourth-order valence-corrected chi connectivity index (χ4v) is 2.70. The van der Waals surface area contributed by atoms with Crippen molar-refractivity contribution in [2.24, 2.45) is 0 Å². The number of esters is 2. The van der Waals surface area contributed by atoms with Crippen molar-refractivity contribution in [3.63, 3.8) is 0 Å². The van der Waals surface area contributed by atoms with Gasteiger partial charge in [-0.05, 0) is 48.5 Å². The maximum absolute atomic E-state index is 12.7. The normalized spacial score (nSPS) is 10.2. The Balaban J connectivity index is 1.91. The van der Waals surface area contributed by atoms with Gasteiger partial charge in [0.15, 0.2) is 0 Å². The molecular weight excluding hydrogens is 380 g/mol. The van der Waals surface area contributed by atoms with Gasteiger partial charge in [0.2, 0.25) is 0 Å².